The third-order valence-corrected chi connectivity index (χ3v) is 3.31. The van der Waals surface area contributed by atoms with E-state index < -0.39 is 0 Å². The minimum absolute atomic E-state index is 0.741. The first-order valence-electron chi connectivity index (χ1n) is 7.19. The van der Waals surface area contributed by atoms with E-state index in [9.17, 15) is 0 Å². The minimum Gasteiger partial charge on any atom is -0.383 e. The van der Waals surface area contributed by atoms with Gasteiger partial charge in [-0.15, -0.1) is 0 Å². The Bertz CT molecular complexity index is 513. The SMILES string of the molecule is COCCNCc1ccc(N(C)Cc2ccccn2)cc1. The molecule has 0 saturated heterocycles. The lowest BCUT2D eigenvalue weighted by atomic mass is 10.2. The number of aromatic nitrogens is 1. The normalized spacial score (nSPS) is 10.6. The zero-order valence-corrected chi connectivity index (χ0v) is 12.7. The van der Waals surface area contributed by atoms with E-state index in [4.69, 9.17) is 4.74 Å². The van der Waals surface area contributed by atoms with Crippen LogP contribution < -0.4 is 10.2 Å². The van der Waals surface area contributed by atoms with Crippen molar-refractivity contribution in [3.8, 4) is 0 Å². The van der Waals surface area contributed by atoms with Crippen molar-refractivity contribution >= 4 is 5.69 Å². The fourth-order valence-electron chi connectivity index (χ4n) is 2.10. The van der Waals surface area contributed by atoms with Crippen LogP contribution in [-0.4, -0.2) is 32.3 Å². The van der Waals surface area contributed by atoms with Gasteiger partial charge in [0.25, 0.3) is 0 Å². The van der Waals surface area contributed by atoms with Crippen molar-refractivity contribution in [3.05, 3.63) is 59.9 Å². The molecule has 1 N–H and O–H groups in total. The Morgan fingerprint density at radius 1 is 1.14 bits per heavy atom. The largest absolute Gasteiger partial charge is 0.383 e. The van der Waals surface area contributed by atoms with Gasteiger partial charge in [0, 0.05) is 39.1 Å². The van der Waals surface area contributed by atoms with E-state index in [0.29, 0.717) is 0 Å². The number of benzene rings is 1. The Labute approximate surface area is 126 Å². The van der Waals surface area contributed by atoms with Crippen LogP contribution in [-0.2, 0) is 17.8 Å². The molecule has 0 radical (unpaired) electrons. The Hall–Kier alpha value is -1.91. The molecule has 0 fully saturated rings. The maximum atomic E-state index is 5.01. The van der Waals surface area contributed by atoms with Crippen molar-refractivity contribution < 1.29 is 4.74 Å². The van der Waals surface area contributed by atoms with Gasteiger partial charge < -0.3 is 15.0 Å². The highest BCUT2D eigenvalue weighted by Crippen LogP contribution is 2.15. The molecule has 2 rings (SSSR count). The van der Waals surface area contributed by atoms with E-state index in [2.05, 4.69) is 46.5 Å². The van der Waals surface area contributed by atoms with Crippen molar-refractivity contribution in [2.45, 2.75) is 13.1 Å². The predicted octanol–water partition coefficient (Wildman–Crippen LogP) is 2.45. The summed E-state index contributed by atoms with van der Waals surface area (Å²) in [6.45, 7) is 3.29. The van der Waals surface area contributed by atoms with Crippen LogP contribution in [0.2, 0.25) is 0 Å². The highest BCUT2D eigenvalue weighted by atomic mass is 16.5. The molecule has 0 atom stereocenters. The summed E-state index contributed by atoms with van der Waals surface area (Å²) < 4.78 is 5.01. The van der Waals surface area contributed by atoms with E-state index >= 15 is 0 Å². The van der Waals surface area contributed by atoms with E-state index in [1.54, 1.807) is 7.11 Å². The topological polar surface area (TPSA) is 37.4 Å². The molecule has 0 aliphatic rings. The van der Waals surface area contributed by atoms with Crippen molar-refractivity contribution in [3.63, 3.8) is 0 Å². The quantitative estimate of drug-likeness (QED) is 0.756. The number of nitrogens with zero attached hydrogens (tertiary/aromatic N) is 2. The molecular weight excluding hydrogens is 262 g/mol. The molecule has 112 valence electrons. The number of hydrogen-bond acceptors (Lipinski definition) is 4. The van der Waals surface area contributed by atoms with Crippen LogP contribution in [0.25, 0.3) is 0 Å². The standard InChI is InChI=1S/C17H23N3O/c1-20(14-16-5-3-4-10-19-16)17-8-6-15(7-9-17)13-18-11-12-21-2/h3-10,18H,11-14H2,1-2H3. The number of pyridine rings is 1. The number of methoxy groups -OCH3 is 1. The number of nitrogens with one attached hydrogen (secondary N) is 1. The summed E-state index contributed by atoms with van der Waals surface area (Å²) in [5, 5.41) is 3.34. The van der Waals surface area contributed by atoms with E-state index in [1.165, 1.54) is 11.3 Å². The van der Waals surface area contributed by atoms with Crippen molar-refractivity contribution in [2.75, 3.05) is 32.2 Å². The molecule has 4 nitrogen and oxygen atoms in total. The van der Waals surface area contributed by atoms with Gasteiger partial charge in [0.05, 0.1) is 18.8 Å². The van der Waals surface area contributed by atoms with Gasteiger partial charge >= 0.3 is 0 Å². The molecule has 1 heterocycles. The zero-order valence-electron chi connectivity index (χ0n) is 12.7. The second-order valence-corrected chi connectivity index (χ2v) is 5.01. The fourth-order valence-corrected chi connectivity index (χ4v) is 2.10. The Morgan fingerprint density at radius 2 is 1.95 bits per heavy atom. The molecule has 1 aromatic carbocycles. The van der Waals surface area contributed by atoms with E-state index in [0.717, 1.165) is 31.9 Å². The molecule has 2 aromatic rings. The number of anilines is 1. The van der Waals surface area contributed by atoms with Crippen LogP contribution in [0.5, 0.6) is 0 Å². The molecule has 0 aliphatic carbocycles. The van der Waals surface area contributed by atoms with Gasteiger partial charge in [-0.2, -0.15) is 0 Å². The number of ether oxygens (including phenoxy) is 1. The van der Waals surface area contributed by atoms with Gasteiger partial charge in [-0.25, -0.2) is 0 Å². The average Bonchev–Trinajstić information content (AvgIpc) is 2.53. The molecule has 0 aliphatic heterocycles. The van der Waals surface area contributed by atoms with Gasteiger partial charge in [-0.1, -0.05) is 18.2 Å². The molecule has 1 aromatic heterocycles. The molecular formula is C17H23N3O. The maximum Gasteiger partial charge on any atom is 0.0598 e. The Balaban J connectivity index is 1.86. The first-order chi connectivity index (χ1) is 10.3. The lowest BCUT2D eigenvalue weighted by molar-refractivity contribution is 0.199. The third-order valence-electron chi connectivity index (χ3n) is 3.31. The van der Waals surface area contributed by atoms with Crippen LogP contribution in [0.4, 0.5) is 5.69 Å². The number of hydrogen-bond donors (Lipinski definition) is 1. The molecule has 0 unspecified atom stereocenters. The van der Waals surface area contributed by atoms with Crippen molar-refractivity contribution in [2.24, 2.45) is 0 Å². The molecule has 0 bridgehead atoms. The summed E-state index contributed by atoms with van der Waals surface area (Å²) in [7, 11) is 3.80. The summed E-state index contributed by atoms with van der Waals surface area (Å²) in [5.74, 6) is 0. The Morgan fingerprint density at radius 3 is 2.62 bits per heavy atom. The second-order valence-electron chi connectivity index (χ2n) is 5.01. The molecule has 0 spiro atoms. The second kappa shape index (κ2) is 8.39. The van der Waals surface area contributed by atoms with E-state index in [1.807, 2.05) is 24.4 Å². The first kappa shape index (κ1) is 15.5. The van der Waals surface area contributed by atoms with Crippen LogP contribution >= 0.6 is 0 Å². The van der Waals surface area contributed by atoms with Crippen LogP contribution in [0.3, 0.4) is 0 Å². The Kier molecular flexibility index (Phi) is 6.19. The highest BCUT2D eigenvalue weighted by molar-refractivity contribution is 5.47. The van der Waals surface area contributed by atoms with Crippen LogP contribution in [0.15, 0.2) is 48.7 Å². The van der Waals surface area contributed by atoms with Crippen LogP contribution in [0, 0.1) is 0 Å². The molecule has 4 heteroatoms. The molecule has 21 heavy (non-hydrogen) atoms. The summed E-state index contributed by atoms with van der Waals surface area (Å²) in [6, 6.07) is 14.6. The highest BCUT2D eigenvalue weighted by Gasteiger charge is 2.03. The van der Waals surface area contributed by atoms with Crippen molar-refractivity contribution in [1.82, 2.24) is 10.3 Å². The maximum absolute atomic E-state index is 5.01. The van der Waals surface area contributed by atoms with Crippen molar-refractivity contribution in [1.29, 1.82) is 0 Å². The van der Waals surface area contributed by atoms with Gasteiger partial charge in [0.15, 0.2) is 0 Å². The first-order valence-corrected chi connectivity index (χ1v) is 7.19. The summed E-state index contributed by atoms with van der Waals surface area (Å²) >= 11 is 0. The summed E-state index contributed by atoms with van der Waals surface area (Å²) in [5.41, 5.74) is 3.55. The van der Waals surface area contributed by atoms with Gasteiger partial charge in [-0.3, -0.25) is 4.98 Å². The van der Waals surface area contributed by atoms with Gasteiger partial charge in [0.2, 0.25) is 0 Å². The lowest BCUT2D eigenvalue weighted by Gasteiger charge is -2.19. The molecule has 0 amide bonds. The molecule has 0 saturated carbocycles. The van der Waals surface area contributed by atoms with E-state index in [-0.39, 0.29) is 0 Å². The summed E-state index contributed by atoms with van der Waals surface area (Å²) in [4.78, 5) is 6.56. The minimum atomic E-state index is 0.741. The monoisotopic (exact) mass is 285 g/mol. The third kappa shape index (κ3) is 5.17. The lowest BCUT2D eigenvalue weighted by Crippen LogP contribution is -2.19. The van der Waals surface area contributed by atoms with Crippen LogP contribution in [0.1, 0.15) is 11.3 Å². The fraction of sp³-hybridized carbons (Fsp3) is 0.353. The van der Waals surface area contributed by atoms with Gasteiger partial charge in [0.1, 0.15) is 0 Å². The van der Waals surface area contributed by atoms with Gasteiger partial charge in [-0.05, 0) is 29.8 Å². The smallest absolute Gasteiger partial charge is 0.0598 e. The predicted molar refractivity (Wildman–Crippen MR) is 86.4 cm³/mol. The average molecular weight is 285 g/mol. The summed E-state index contributed by atoms with van der Waals surface area (Å²) in [6.07, 6.45) is 1.83. The number of rotatable bonds is 8. The zero-order chi connectivity index (χ0) is 14.9.